The van der Waals surface area contributed by atoms with E-state index < -0.39 is 5.60 Å². The van der Waals surface area contributed by atoms with Crippen LogP contribution in [0.25, 0.3) is 0 Å². The van der Waals surface area contributed by atoms with Crippen LogP contribution in [0.2, 0.25) is 0 Å². The van der Waals surface area contributed by atoms with Crippen molar-refractivity contribution in [3.63, 3.8) is 0 Å². The molecule has 1 unspecified atom stereocenters. The molecular weight excluding hydrogens is 214 g/mol. The summed E-state index contributed by atoms with van der Waals surface area (Å²) in [4.78, 5) is 9.05. The Hall–Kier alpha value is -1.00. The van der Waals surface area contributed by atoms with E-state index in [2.05, 4.69) is 9.97 Å². The number of hydrogen-bond donors (Lipinski definition) is 1. The second-order valence-corrected chi connectivity index (χ2v) is 5.04. The Morgan fingerprint density at radius 3 is 3.00 bits per heavy atom. The van der Waals surface area contributed by atoms with Gasteiger partial charge in [-0.2, -0.15) is 0 Å². The van der Waals surface area contributed by atoms with Gasteiger partial charge in [0.25, 0.3) is 0 Å². The number of hydrogen-bond acceptors (Lipinski definition) is 4. The molecule has 0 aliphatic heterocycles. The van der Waals surface area contributed by atoms with Gasteiger partial charge in [-0.05, 0) is 40.0 Å². The van der Waals surface area contributed by atoms with Gasteiger partial charge in [-0.3, -0.25) is 0 Å². The van der Waals surface area contributed by atoms with E-state index >= 15 is 0 Å². The van der Waals surface area contributed by atoms with Crippen LogP contribution in [0.4, 0.5) is 0 Å². The molecule has 17 heavy (non-hydrogen) atoms. The molecule has 1 aliphatic carbocycles. The lowest BCUT2D eigenvalue weighted by Crippen LogP contribution is -2.27. The lowest BCUT2D eigenvalue weighted by molar-refractivity contribution is -0.0210. The summed E-state index contributed by atoms with van der Waals surface area (Å²) in [6.07, 6.45) is 5.02. The SMILES string of the molecule is CCOC(C)(C)c1ncc2c(n1)CCCC2N. The monoisotopic (exact) mass is 235 g/mol. The number of aryl methyl sites for hydroxylation is 1. The quantitative estimate of drug-likeness (QED) is 0.871. The van der Waals surface area contributed by atoms with Gasteiger partial charge in [0.2, 0.25) is 0 Å². The van der Waals surface area contributed by atoms with Crippen LogP contribution in [0.5, 0.6) is 0 Å². The molecule has 0 bridgehead atoms. The highest BCUT2D eigenvalue weighted by molar-refractivity contribution is 5.25. The van der Waals surface area contributed by atoms with Crippen molar-refractivity contribution in [3.8, 4) is 0 Å². The van der Waals surface area contributed by atoms with Gasteiger partial charge in [-0.1, -0.05) is 0 Å². The second kappa shape index (κ2) is 4.70. The summed E-state index contributed by atoms with van der Waals surface area (Å²) in [5.41, 5.74) is 7.83. The van der Waals surface area contributed by atoms with Gasteiger partial charge in [0.1, 0.15) is 5.60 Å². The van der Waals surface area contributed by atoms with E-state index in [1.54, 1.807) is 0 Å². The normalized spacial score (nSPS) is 20.1. The lowest BCUT2D eigenvalue weighted by Gasteiger charge is -2.26. The highest BCUT2D eigenvalue weighted by Gasteiger charge is 2.27. The highest BCUT2D eigenvalue weighted by Crippen LogP contribution is 2.28. The van der Waals surface area contributed by atoms with E-state index in [1.165, 1.54) is 0 Å². The zero-order valence-electron chi connectivity index (χ0n) is 10.9. The van der Waals surface area contributed by atoms with Crippen LogP contribution >= 0.6 is 0 Å². The van der Waals surface area contributed by atoms with Gasteiger partial charge < -0.3 is 10.5 Å². The molecule has 2 N–H and O–H groups in total. The summed E-state index contributed by atoms with van der Waals surface area (Å²) in [5.74, 6) is 0.757. The Morgan fingerprint density at radius 2 is 2.29 bits per heavy atom. The molecule has 0 spiro atoms. The molecule has 1 aromatic heterocycles. The maximum Gasteiger partial charge on any atom is 0.159 e. The van der Waals surface area contributed by atoms with Crippen LogP contribution in [-0.4, -0.2) is 16.6 Å². The minimum absolute atomic E-state index is 0.100. The smallest absolute Gasteiger partial charge is 0.159 e. The van der Waals surface area contributed by atoms with Gasteiger partial charge >= 0.3 is 0 Å². The third-order valence-corrected chi connectivity index (χ3v) is 3.27. The van der Waals surface area contributed by atoms with Crippen LogP contribution in [-0.2, 0) is 16.8 Å². The zero-order chi connectivity index (χ0) is 12.5. The van der Waals surface area contributed by atoms with E-state index in [-0.39, 0.29) is 6.04 Å². The Balaban J connectivity index is 2.33. The topological polar surface area (TPSA) is 61.0 Å². The van der Waals surface area contributed by atoms with E-state index in [1.807, 2.05) is 27.0 Å². The van der Waals surface area contributed by atoms with Gasteiger partial charge in [0, 0.05) is 30.1 Å². The van der Waals surface area contributed by atoms with E-state index in [0.717, 1.165) is 36.3 Å². The van der Waals surface area contributed by atoms with E-state index in [0.29, 0.717) is 6.61 Å². The fourth-order valence-electron chi connectivity index (χ4n) is 2.30. The van der Waals surface area contributed by atoms with Gasteiger partial charge in [0.15, 0.2) is 5.82 Å². The predicted molar refractivity (Wildman–Crippen MR) is 66.6 cm³/mol. The molecule has 4 nitrogen and oxygen atoms in total. The summed E-state index contributed by atoms with van der Waals surface area (Å²) in [5, 5.41) is 0. The van der Waals surface area contributed by atoms with Gasteiger partial charge in [-0.15, -0.1) is 0 Å². The van der Waals surface area contributed by atoms with Crippen molar-refractivity contribution >= 4 is 0 Å². The molecule has 0 aromatic carbocycles. The van der Waals surface area contributed by atoms with Crippen molar-refractivity contribution < 1.29 is 4.74 Å². The van der Waals surface area contributed by atoms with E-state index in [9.17, 15) is 0 Å². The highest BCUT2D eigenvalue weighted by atomic mass is 16.5. The molecule has 1 aromatic rings. The van der Waals surface area contributed by atoms with Crippen molar-refractivity contribution in [2.75, 3.05) is 6.61 Å². The van der Waals surface area contributed by atoms with Crippen molar-refractivity contribution in [2.45, 2.75) is 51.7 Å². The van der Waals surface area contributed by atoms with Crippen LogP contribution < -0.4 is 5.73 Å². The molecule has 0 radical (unpaired) electrons. The largest absolute Gasteiger partial charge is 0.368 e. The number of nitrogens with two attached hydrogens (primary N) is 1. The molecule has 1 heterocycles. The Morgan fingerprint density at radius 1 is 1.53 bits per heavy atom. The molecule has 1 atom stereocenters. The third kappa shape index (κ3) is 2.48. The number of aromatic nitrogens is 2. The number of nitrogens with zero attached hydrogens (tertiary/aromatic N) is 2. The van der Waals surface area contributed by atoms with Crippen molar-refractivity contribution in [1.82, 2.24) is 9.97 Å². The van der Waals surface area contributed by atoms with Crippen molar-refractivity contribution in [1.29, 1.82) is 0 Å². The van der Waals surface area contributed by atoms with Crippen molar-refractivity contribution in [3.05, 3.63) is 23.3 Å². The summed E-state index contributed by atoms with van der Waals surface area (Å²) >= 11 is 0. The molecule has 94 valence electrons. The molecular formula is C13H21N3O. The lowest BCUT2D eigenvalue weighted by atomic mass is 9.93. The molecule has 2 rings (SSSR count). The molecule has 0 amide bonds. The summed E-state index contributed by atoms with van der Waals surface area (Å²) in [6.45, 7) is 6.64. The first-order valence-corrected chi connectivity index (χ1v) is 6.30. The average Bonchev–Trinajstić information content (AvgIpc) is 2.29. The first kappa shape index (κ1) is 12.5. The van der Waals surface area contributed by atoms with Crippen LogP contribution in [0.3, 0.4) is 0 Å². The Bertz CT molecular complexity index is 404. The predicted octanol–water partition coefficient (Wildman–Crippen LogP) is 2.08. The molecule has 0 saturated heterocycles. The maximum absolute atomic E-state index is 6.05. The van der Waals surface area contributed by atoms with Gasteiger partial charge in [0.05, 0.1) is 0 Å². The molecule has 0 saturated carbocycles. The fourth-order valence-corrected chi connectivity index (χ4v) is 2.30. The summed E-state index contributed by atoms with van der Waals surface area (Å²) in [7, 11) is 0. The number of rotatable bonds is 3. The molecule has 0 fully saturated rings. The Labute approximate surface area is 103 Å². The number of ether oxygens (including phenoxy) is 1. The first-order valence-electron chi connectivity index (χ1n) is 6.30. The minimum Gasteiger partial charge on any atom is -0.368 e. The van der Waals surface area contributed by atoms with Crippen LogP contribution in [0.1, 0.15) is 56.7 Å². The first-order chi connectivity index (χ1) is 8.04. The minimum atomic E-state index is -0.425. The number of fused-ring (bicyclic) bond motifs is 1. The summed E-state index contributed by atoms with van der Waals surface area (Å²) < 4.78 is 5.68. The zero-order valence-corrected chi connectivity index (χ0v) is 10.9. The third-order valence-electron chi connectivity index (χ3n) is 3.27. The fraction of sp³-hybridized carbons (Fsp3) is 0.692. The molecule has 4 heteroatoms. The van der Waals surface area contributed by atoms with E-state index in [4.69, 9.17) is 10.5 Å². The average molecular weight is 235 g/mol. The Kier molecular flexibility index (Phi) is 3.45. The van der Waals surface area contributed by atoms with Crippen LogP contribution in [0, 0.1) is 0 Å². The molecule has 1 aliphatic rings. The van der Waals surface area contributed by atoms with Crippen LogP contribution in [0.15, 0.2) is 6.20 Å². The standard InChI is InChI=1S/C13H21N3O/c1-4-17-13(2,3)12-15-8-9-10(14)6-5-7-11(9)16-12/h8,10H,4-7,14H2,1-3H3. The van der Waals surface area contributed by atoms with Crippen molar-refractivity contribution in [2.24, 2.45) is 5.73 Å². The second-order valence-electron chi connectivity index (χ2n) is 5.04. The maximum atomic E-state index is 6.05. The van der Waals surface area contributed by atoms with Gasteiger partial charge in [-0.25, -0.2) is 9.97 Å². The summed E-state index contributed by atoms with van der Waals surface area (Å²) in [6, 6.07) is 0.100.